The van der Waals surface area contributed by atoms with Gasteiger partial charge in [-0.3, -0.25) is 9.97 Å². The molecule has 0 saturated carbocycles. The van der Waals surface area contributed by atoms with E-state index in [1.807, 2.05) is 12.4 Å². The van der Waals surface area contributed by atoms with Crippen molar-refractivity contribution < 1.29 is 9.47 Å². The molecule has 2 heterocycles. The summed E-state index contributed by atoms with van der Waals surface area (Å²) in [6.45, 7) is 7.52. The highest BCUT2D eigenvalue weighted by atomic mass is 16.5. The smallest absolute Gasteiger partial charge is 0.0889 e. The van der Waals surface area contributed by atoms with Gasteiger partial charge in [0.1, 0.15) is 0 Å². The lowest BCUT2D eigenvalue weighted by Gasteiger charge is -2.08. The molecule has 274 valence electrons. The van der Waals surface area contributed by atoms with Crippen molar-refractivity contribution in [2.45, 2.75) is 207 Å². The van der Waals surface area contributed by atoms with Gasteiger partial charge in [0.15, 0.2) is 0 Å². The Morgan fingerprint density at radius 1 is 0.375 bits per heavy atom. The fourth-order valence-corrected chi connectivity index (χ4v) is 6.59. The van der Waals surface area contributed by atoms with E-state index < -0.39 is 0 Å². The van der Waals surface area contributed by atoms with Crippen molar-refractivity contribution in [2.24, 2.45) is 0 Å². The summed E-state index contributed by atoms with van der Waals surface area (Å²) in [4.78, 5) is 9.19. The molecule has 2 aromatic heterocycles. The second-order valence-corrected chi connectivity index (χ2v) is 14.4. The average molecular weight is 665 g/mol. The summed E-state index contributed by atoms with van der Waals surface area (Å²) < 4.78 is 12.0. The van der Waals surface area contributed by atoms with Gasteiger partial charge in [-0.15, -0.1) is 0 Å². The Labute approximate surface area is 298 Å². The minimum Gasteiger partial charge on any atom is -0.377 e. The van der Waals surface area contributed by atoms with Crippen LogP contribution in [0, 0.1) is 0 Å². The first-order valence-electron chi connectivity index (χ1n) is 20.9. The van der Waals surface area contributed by atoms with Crippen molar-refractivity contribution in [1.82, 2.24) is 9.97 Å². The summed E-state index contributed by atoms with van der Waals surface area (Å²) >= 11 is 0. The van der Waals surface area contributed by atoms with E-state index in [4.69, 9.17) is 9.47 Å². The third kappa shape index (κ3) is 24.4. The summed E-state index contributed by atoms with van der Waals surface area (Å²) in [6.07, 6.45) is 42.5. The SMILES string of the molecule is CCCCCCCCCCCCCCCCOCc1ccnc(-c2cc(COCCCCCCCCCCCCCCCC)ccn2)c1. The van der Waals surface area contributed by atoms with E-state index >= 15 is 0 Å². The maximum Gasteiger partial charge on any atom is 0.0889 e. The molecule has 48 heavy (non-hydrogen) atoms. The third-order valence-electron chi connectivity index (χ3n) is 9.73. The van der Waals surface area contributed by atoms with Gasteiger partial charge in [-0.1, -0.05) is 181 Å². The van der Waals surface area contributed by atoms with Crippen LogP contribution in [0.2, 0.25) is 0 Å². The zero-order valence-electron chi connectivity index (χ0n) is 31.8. The molecule has 0 fully saturated rings. The second kappa shape index (κ2) is 32.4. The van der Waals surface area contributed by atoms with Gasteiger partial charge in [-0.2, -0.15) is 0 Å². The van der Waals surface area contributed by atoms with E-state index in [0.717, 1.165) is 48.6 Å². The lowest BCUT2D eigenvalue weighted by Crippen LogP contribution is -1.99. The molecule has 0 atom stereocenters. The van der Waals surface area contributed by atoms with Gasteiger partial charge >= 0.3 is 0 Å². The molecule has 4 nitrogen and oxygen atoms in total. The minimum absolute atomic E-state index is 0.635. The van der Waals surface area contributed by atoms with Crippen LogP contribution in [0.25, 0.3) is 11.4 Å². The molecule has 0 bridgehead atoms. The topological polar surface area (TPSA) is 44.2 Å². The van der Waals surface area contributed by atoms with Crippen molar-refractivity contribution >= 4 is 0 Å². The van der Waals surface area contributed by atoms with E-state index in [1.165, 1.54) is 167 Å². The molecule has 2 rings (SSSR count). The Hall–Kier alpha value is -1.78. The highest BCUT2D eigenvalue weighted by Crippen LogP contribution is 2.19. The molecule has 0 aliphatic rings. The van der Waals surface area contributed by atoms with Gasteiger partial charge in [0.2, 0.25) is 0 Å². The molecule has 0 N–H and O–H groups in total. The minimum atomic E-state index is 0.635. The maximum atomic E-state index is 6.01. The first kappa shape index (κ1) is 42.4. The van der Waals surface area contributed by atoms with Gasteiger partial charge in [-0.25, -0.2) is 0 Å². The van der Waals surface area contributed by atoms with Crippen molar-refractivity contribution in [1.29, 1.82) is 0 Å². The molecule has 2 aromatic rings. The number of hydrogen-bond acceptors (Lipinski definition) is 4. The number of pyridine rings is 2. The molecule has 0 radical (unpaired) electrons. The predicted molar refractivity (Wildman–Crippen MR) is 207 cm³/mol. The van der Waals surface area contributed by atoms with Crippen LogP contribution in [0.5, 0.6) is 0 Å². The summed E-state index contributed by atoms with van der Waals surface area (Å²) in [6, 6.07) is 8.34. The Kier molecular flexibility index (Phi) is 28.6. The van der Waals surface area contributed by atoms with Crippen LogP contribution in [0.15, 0.2) is 36.7 Å². The highest BCUT2D eigenvalue weighted by Gasteiger charge is 2.05. The molecular formula is C44H76N2O2. The molecular weight excluding hydrogens is 588 g/mol. The third-order valence-corrected chi connectivity index (χ3v) is 9.73. The van der Waals surface area contributed by atoms with E-state index in [0.29, 0.717) is 13.2 Å². The molecule has 0 unspecified atom stereocenters. The molecule has 0 saturated heterocycles. The van der Waals surface area contributed by atoms with Crippen LogP contribution in [0.4, 0.5) is 0 Å². The number of nitrogens with zero attached hydrogens (tertiary/aromatic N) is 2. The summed E-state index contributed by atoms with van der Waals surface area (Å²) in [5.74, 6) is 0. The lowest BCUT2D eigenvalue weighted by atomic mass is 10.0. The Balaban J connectivity index is 1.45. The normalized spacial score (nSPS) is 11.5. The van der Waals surface area contributed by atoms with E-state index in [2.05, 4.69) is 48.1 Å². The van der Waals surface area contributed by atoms with Crippen molar-refractivity contribution in [3.63, 3.8) is 0 Å². The van der Waals surface area contributed by atoms with Crippen LogP contribution in [-0.2, 0) is 22.7 Å². The summed E-state index contributed by atoms with van der Waals surface area (Å²) in [7, 11) is 0. The van der Waals surface area contributed by atoms with Crippen LogP contribution < -0.4 is 0 Å². The largest absolute Gasteiger partial charge is 0.377 e. The fourth-order valence-electron chi connectivity index (χ4n) is 6.59. The molecule has 4 heteroatoms. The second-order valence-electron chi connectivity index (χ2n) is 14.4. The standard InChI is InChI=1S/C44H76N2O2/c1-3-5-7-9-11-13-15-17-19-21-23-25-27-29-35-47-39-41-31-33-45-43(37-41)44-38-42(32-34-46-44)40-48-36-30-28-26-24-22-20-18-16-14-12-10-8-6-4-2/h31-34,37-38H,3-30,35-36,39-40H2,1-2H3. The molecule has 0 aliphatic heterocycles. The van der Waals surface area contributed by atoms with E-state index in [9.17, 15) is 0 Å². The summed E-state index contributed by atoms with van der Waals surface area (Å²) in [5.41, 5.74) is 4.13. The average Bonchev–Trinajstić information content (AvgIpc) is 3.11. The van der Waals surface area contributed by atoms with E-state index in [-0.39, 0.29) is 0 Å². The summed E-state index contributed by atoms with van der Waals surface area (Å²) in [5, 5.41) is 0. The van der Waals surface area contributed by atoms with Gasteiger partial charge in [0.25, 0.3) is 0 Å². The highest BCUT2D eigenvalue weighted by molar-refractivity contribution is 5.55. The zero-order valence-corrected chi connectivity index (χ0v) is 31.8. The molecule has 0 amide bonds. The van der Waals surface area contributed by atoms with Crippen molar-refractivity contribution in [2.75, 3.05) is 13.2 Å². The van der Waals surface area contributed by atoms with Crippen LogP contribution in [0.3, 0.4) is 0 Å². The number of aromatic nitrogens is 2. The first-order valence-corrected chi connectivity index (χ1v) is 20.9. The Morgan fingerprint density at radius 2 is 0.646 bits per heavy atom. The van der Waals surface area contributed by atoms with Crippen LogP contribution in [0.1, 0.15) is 205 Å². The Bertz CT molecular complexity index is 887. The number of hydrogen-bond donors (Lipinski definition) is 0. The zero-order chi connectivity index (χ0) is 34.0. The Morgan fingerprint density at radius 3 is 0.938 bits per heavy atom. The number of unbranched alkanes of at least 4 members (excludes halogenated alkanes) is 26. The van der Waals surface area contributed by atoms with Crippen molar-refractivity contribution in [3.05, 3.63) is 47.8 Å². The molecule has 0 aromatic carbocycles. The van der Waals surface area contributed by atoms with Gasteiger partial charge in [0.05, 0.1) is 24.6 Å². The number of ether oxygens (including phenoxy) is 2. The molecule has 0 aliphatic carbocycles. The number of rotatable bonds is 35. The van der Waals surface area contributed by atoms with Crippen LogP contribution in [-0.4, -0.2) is 23.2 Å². The molecule has 0 spiro atoms. The maximum absolute atomic E-state index is 6.01. The lowest BCUT2D eigenvalue weighted by molar-refractivity contribution is 0.116. The van der Waals surface area contributed by atoms with Crippen LogP contribution >= 0.6 is 0 Å². The van der Waals surface area contributed by atoms with Gasteiger partial charge in [-0.05, 0) is 48.2 Å². The van der Waals surface area contributed by atoms with Crippen molar-refractivity contribution in [3.8, 4) is 11.4 Å². The first-order chi connectivity index (χ1) is 23.8. The predicted octanol–water partition coefficient (Wildman–Crippen LogP) is 14.1. The van der Waals surface area contributed by atoms with Gasteiger partial charge < -0.3 is 9.47 Å². The van der Waals surface area contributed by atoms with E-state index in [1.54, 1.807) is 0 Å². The quantitative estimate of drug-likeness (QED) is 0.0688. The fraction of sp³-hybridized carbons (Fsp3) is 0.773. The van der Waals surface area contributed by atoms with Gasteiger partial charge in [0, 0.05) is 25.6 Å². The monoisotopic (exact) mass is 665 g/mol.